The lowest BCUT2D eigenvalue weighted by atomic mass is 9.98. The number of aliphatic hydroxyl groups excluding tert-OH is 1. The number of phenolic OH excluding ortho intramolecular Hbond substituents is 1. The minimum atomic E-state index is -0.996. The lowest BCUT2D eigenvalue weighted by molar-refractivity contribution is -0.132. The Morgan fingerprint density at radius 3 is 2.12 bits per heavy atom. The molecule has 0 saturated carbocycles. The number of phenols is 1. The molecule has 0 aliphatic rings. The van der Waals surface area contributed by atoms with Crippen LogP contribution in [0.25, 0.3) is 0 Å². The number of unbranched alkanes of at least 4 members (excludes halogenated alkanes) is 1. The van der Waals surface area contributed by atoms with Crippen molar-refractivity contribution in [2.24, 2.45) is 11.7 Å². The second-order valence-electron chi connectivity index (χ2n) is 11.2. The zero-order valence-electron chi connectivity index (χ0n) is 28.2. The number of aliphatic hydroxyl groups is 1. The fourth-order valence-corrected chi connectivity index (χ4v) is 4.12. The van der Waals surface area contributed by atoms with Gasteiger partial charge in [0.1, 0.15) is 19.0 Å². The van der Waals surface area contributed by atoms with Gasteiger partial charge in [0.25, 0.3) is 0 Å². The fraction of sp³-hybridized carbons (Fsp3) is 0.667. The maximum atomic E-state index is 12.6. The largest absolute Gasteiger partial charge is 0.508 e. The van der Waals surface area contributed by atoms with Crippen molar-refractivity contribution in [3.63, 3.8) is 0 Å². The molecule has 272 valence electrons. The minimum absolute atomic E-state index is 0.00115. The average Bonchev–Trinajstić information content (AvgIpc) is 3.06. The van der Waals surface area contributed by atoms with Gasteiger partial charge in [-0.1, -0.05) is 25.5 Å². The van der Waals surface area contributed by atoms with Crippen molar-refractivity contribution >= 4 is 29.3 Å². The molecule has 0 aromatic heterocycles. The Hall–Kier alpha value is -3.47. The van der Waals surface area contributed by atoms with Gasteiger partial charge in [-0.25, -0.2) is 0 Å². The van der Waals surface area contributed by atoms with Crippen LogP contribution in [0.15, 0.2) is 24.3 Å². The van der Waals surface area contributed by atoms with Crippen LogP contribution in [0.2, 0.25) is 0 Å². The van der Waals surface area contributed by atoms with Crippen molar-refractivity contribution < 1.29 is 53.1 Å². The van der Waals surface area contributed by atoms with Gasteiger partial charge in [0.05, 0.1) is 57.6 Å². The van der Waals surface area contributed by atoms with E-state index in [-0.39, 0.29) is 69.9 Å². The van der Waals surface area contributed by atoms with Crippen LogP contribution in [-0.2, 0) is 49.3 Å². The first kappa shape index (κ1) is 42.6. The molecule has 15 nitrogen and oxygen atoms in total. The number of rotatable bonds is 29. The Morgan fingerprint density at radius 2 is 1.46 bits per heavy atom. The van der Waals surface area contributed by atoms with Gasteiger partial charge in [0.15, 0.2) is 11.6 Å². The molecular formula is C33H54N4O11. The van der Waals surface area contributed by atoms with Crippen LogP contribution in [0.4, 0.5) is 0 Å². The molecule has 3 atom stereocenters. The molecule has 3 amide bonds. The monoisotopic (exact) mass is 682 g/mol. The molecule has 7 N–H and O–H groups in total. The number of carbonyl (C=O) groups excluding carboxylic acids is 5. The Labute approximate surface area is 282 Å². The molecule has 1 aromatic rings. The number of nitrogens with one attached hydrogen (secondary N) is 3. The lowest BCUT2D eigenvalue weighted by Gasteiger charge is -2.19. The molecule has 0 bridgehead atoms. The third kappa shape index (κ3) is 20.7. The first-order chi connectivity index (χ1) is 23.1. The number of carbonyl (C=O) groups is 5. The molecule has 15 heteroatoms. The van der Waals surface area contributed by atoms with Gasteiger partial charge in [0, 0.05) is 32.5 Å². The Kier molecular flexibility index (Phi) is 23.5. The van der Waals surface area contributed by atoms with Crippen LogP contribution in [0.5, 0.6) is 5.75 Å². The maximum absolute atomic E-state index is 12.6. The summed E-state index contributed by atoms with van der Waals surface area (Å²) < 4.78 is 21.3. The maximum Gasteiger partial charge on any atom is 0.245 e. The molecule has 48 heavy (non-hydrogen) atoms. The predicted octanol–water partition coefficient (Wildman–Crippen LogP) is -0.217. The van der Waals surface area contributed by atoms with Gasteiger partial charge < -0.3 is 50.8 Å². The number of Topliss-reactive ketones (excluding diaryl/α,β-unsaturated/α-hetero) is 2. The van der Waals surface area contributed by atoms with E-state index in [4.69, 9.17) is 24.7 Å². The number of benzene rings is 1. The van der Waals surface area contributed by atoms with Crippen molar-refractivity contribution in [1.82, 2.24) is 16.0 Å². The number of aromatic hydroxyl groups is 1. The number of ether oxygens (including phenoxy) is 4. The number of hydrogen-bond donors (Lipinski definition) is 6. The summed E-state index contributed by atoms with van der Waals surface area (Å²) in [6, 6.07) is 4.43. The summed E-state index contributed by atoms with van der Waals surface area (Å²) in [5.41, 5.74) is 6.69. The second kappa shape index (κ2) is 26.5. The molecule has 0 heterocycles. The fourth-order valence-electron chi connectivity index (χ4n) is 4.12. The van der Waals surface area contributed by atoms with Crippen molar-refractivity contribution in [1.29, 1.82) is 0 Å². The van der Waals surface area contributed by atoms with E-state index in [1.807, 2.05) is 6.92 Å². The first-order valence-corrected chi connectivity index (χ1v) is 16.4. The van der Waals surface area contributed by atoms with Gasteiger partial charge >= 0.3 is 0 Å². The van der Waals surface area contributed by atoms with E-state index in [0.717, 1.165) is 18.4 Å². The Balaban J connectivity index is 2.07. The summed E-state index contributed by atoms with van der Waals surface area (Å²) in [4.78, 5) is 60.9. The highest BCUT2D eigenvalue weighted by Gasteiger charge is 2.26. The summed E-state index contributed by atoms with van der Waals surface area (Å²) in [6.07, 6.45) is 2.72. The van der Waals surface area contributed by atoms with Crippen LogP contribution >= 0.6 is 0 Å². The van der Waals surface area contributed by atoms with Crippen LogP contribution < -0.4 is 21.7 Å². The smallest absolute Gasteiger partial charge is 0.245 e. The quantitative estimate of drug-likeness (QED) is 0.0604. The van der Waals surface area contributed by atoms with Crippen molar-refractivity contribution in [2.45, 2.75) is 64.5 Å². The number of amides is 3. The number of nitrogens with two attached hydrogens (primary N) is 1. The molecule has 0 radical (unpaired) electrons. The van der Waals surface area contributed by atoms with E-state index in [1.54, 1.807) is 12.1 Å². The predicted molar refractivity (Wildman–Crippen MR) is 176 cm³/mol. The number of hydrogen-bond acceptors (Lipinski definition) is 12. The molecule has 0 aliphatic carbocycles. The van der Waals surface area contributed by atoms with Crippen molar-refractivity contribution in [3.8, 4) is 5.75 Å². The van der Waals surface area contributed by atoms with Gasteiger partial charge in [-0.15, -0.1) is 0 Å². The molecule has 1 rings (SSSR count). The van der Waals surface area contributed by atoms with Crippen LogP contribution in [0, 0.1) is 5.92 Å². The van der Waals surface area contributed by atoms with E-state index >= 15 is 0 Å². The lowest BCUT2D eigenvalue weighted by Crippen LogP contribution is -2.48. The molecular weight excluding hydrogens is 628 g/mol. The van der Waals surface area contributed by atoms with Gasteiger partial charge in [-0.05, 0) is 43.9 Å². The first-order valence-electron chi connectivity index (χ1n) is 16.4. The average molecular weight is 683 g/mol. The molecule has 0 spiro atoms. The van der Waals surface area contributed by atoms with Crippen LogP contribution in [0.3, 0.4) is 0 Å². The highest BCUT2D eigenvalue weighted by Crippen LogP contribution is 2.11. The molecule has 0 saturated heterocycles. The van der Waals surface area contributed by atoms with Gasteiger partial charge in [-0.2, -0.15) is 0 Å². The van der Waals surface area contributed by atoms with Crippen molar-refractivity contribution in [3.05, 3.63) is 29.8 Å². The van der Waals surface area contributed by atoms with E-state index in [9.17, 15) is 34.2 Å². The van der Waals surface area contributed by atoms with Gasteiger partial charge in [-0.3, -0.25) is 24.0 Å². The summed E-state index contributed by atoms with van der Waals surface area (Å²) in [7, 11) is 0. The van der Waals surface area contributed by atoms with E-state index in [0.29, 0.717) is 39.2 Å². The zero-order valence-corrected chi connectivity index (χ0v) is 28.2. The molecule has 0 unspecified atom stereocenters. The SMILES string of the molecule is CCCCNC(=O)COCCOCCCC(=O)COCCOCCNC(=O)[C@H](CO)CC(=O)[C@@H](C)NC(=O)[C@@H](N)Cc1ccc(O)cc1. The summed E-state index contributed by atoms with van der Waals surface area (Å²) in [5, 5.41) is 26.9. The van der Waals surface area contributed by atoms with Crippen molar-refractivity contribution in [2.75, 3.05) is 72.6 Å². The number of ketones is 2. The van der Waals surface area contributed by atoms with Crippen LogP contribution in [-0.4, -0.2) is 124 Å². The Bertz CT molecular complexity index is 1090. The standard InChI is InChI=1S/C33H54N4O11/c1-3-4-11-35-31(42)23-48-18-15-45-13-5-6-28(40)22-47-17-16-46-14-12-36-32(43)26(21-38)20-30(41)24(2)37-33(44)29(34)19-25-7-9-27(39)10-8-25/h7-10,24,26,29,38-39H,3-6,11-23,34H2,1-2H3,(H,35,42)(H,36,43)(H,37,44)/t24-,26+,29+/m1/s1. The topological polar surface area (TPSA) is 225 Å². The third-order valence-corrected chi connectivity index (χ3v) is 6.99. The highest BCUT2D eigenvalue weighted by atomic mass is 16.5. The normalized spacial score (nSPS) is 12.9. The highest BCUT2D eigenvalue weighted by molar-refractivity contribution is 5.93. The summed E-state index contributed by atoms with van der Waals surface area (Å²) >= 11 is 0. The molecule has 0 fully saturated rings. The van der Waals surface area contributed by atoms with E-state index in [2.05, 4.69) is 16.0 Å². The van der Waals surface area contributed by atoms with E-state index in [1.165, 1.54) is 19.1 Å². The van der Waals surface area contributed by atoms with E-state index < -0.39 is 42.2 Å². The minimum Gasteiger partial charge on any atom is -0.508 e. The van der Waals surface area contributed by atoms with Gasteiger partial charge in [0.2, 0.25) is 17.7 Å². The summed E-state index contributed by atoms with van der Waals surface area (Å²) in [6.45, 7) is 5.29. The zero-order chi connectivity index (χ0) is 35.6. The second-order valence-corrected chi connectivity index (χ2v) is 11.2. The summed E-state index contributed by atoms with van der Waals surface area (Å²) in [5.74, 6) is -2.62. The Morgan fingerprint density at radius 1 is 0.812 bits per heavy atom. The van der Waals surface area contributed by atoms with Crippen LogP contribution in [0.1, 0.15) is 51.5 Å². The molecule has 1 aromatic carbocycles. The third-order valence-electron chi connectivity index (χ3n) is 6.99. The molecule has 0 aliphatic heterocycles.